The summed E-state index contributed by atoms with van der Waals surface area (Å²) in [5, 5.41) is 0. The van der Waals surface area contributed by atoms with Crippen LogP contribution in [0.25, 0.3) is 0 Å². The van der Waals surface area contributed by atoms with Gasteiger partial charge in [0.1, 0.15) is 12.0 Å². The number of ether oxygens (including phenoxy) is 3. The second kappa shape index (κ2) is 12.0. The smallest absolute Gasteiger partial charge is 0.315 e. The van der Waals surface area contributed by atoms with Crippen molar-refractivity contribution >= 4 is 29.2 Å². The van der Waals surface area contributed by atoms with Crippen molar-refractivity contribution in [3.63, 3.8) is 0 Å². The fourth-order valence-corrected chi connectivity index (χ4v) is 6.71. The Balaban J connectivity index is 1.51. The number of carbonyl (C=O) groups excluding carboxylic acids is 2. The summed E-state index contributed by atoms with van der Waals surface area (Å²) in [6, 6.07) is 14.0. The van der Waals surface area contributed by atoms with Gasteiger partial charge in [-0.3, -0.25) is 14.6 Å². The van der Waals surface area contributed by atoms with E-state index in [2.05, 4.69) is 12.1 Å². The maximum atomic E-state index is 13.9. The molecule has 0 saturated heterocycles. The van der Waals surface area contributed by atoms with Gasteiger partial charge < -0.3 is 14.2 Å². The van der Waals surface area contributed by atoms with E-state index in [0.717, 1.165) is 47.4 Å². The number of Topliss-reactive ketones (excluding diaryl/α,β-unsaturated/α-hetero) is 1. The van der Waals surface area contributed by atoms with E-state index in [9.17, 15) is 9.59 Å². The zero-order chi connectivity index (χ0) is 27.5. The van der Waals surface area contributed by atoms with E-state index in [1.165, 1.54) is 6.42 Å². The number of esters is 1. The number of ketones is 1. The molecule has 1 aliphatic heterocycles. The number of thioether (sulfide) groups is 1. The van der Waals surface area contributed by atoms with Crippen LogP contribution in [0, 0.1) is 5.92 Å². The summed E-state index contributed by atoms with van der Waals surface area (Å²) in [6.45, 7) is 1.91. The molecular weight excluding hydrogens is 510 g/mol. The van der Waals surface area contributed by atoms with Crippen molar-refractivity contribution in [3.8, 4) is 11.5 Å². The van der Waals surface area contributed by atoms with Crippen molar-refractivity contribution in [2.75, 3.05) is 20.5 Å². The number of hydrogen-bond donors (Lipinski definition) is 0. The van der Waals surface area contributed by atoms with Gasteiger partial charge in [-0.15, -0.1) is 11.8 Å². The molecular formula is C32H37NO5S. The molecule has 3 aliphatic rings. The van der Waals surface area contributed by atoms with Gasteiger partial charge in [-0.1, -0.05) is 24.6 Å². The summed E-state index contributed by atoms with van der Waals surface area (Å²) in [5.41, 5.74) is 4.14. The quantitative estimate of drug-likeness (QED) is 0.278. The molecule has 2 aromatic carbocycles. The molecule has 0 bridgehead atoms. The van der Waals surface area contributed by atoms with Crippen molar-refractivity contribution in [3.05, 3.63) is 64.9 Å². The monoisotopic (exact) mass is 547 g/mol. The molecule has 0 amide bonds. The van der Waals surface area contributed by atoms with Crippen LogP contribution < -0.4 is 9.47 Å². The zero-order valence-corrected chi connectivity index (χ0v) is 24.0. The summed E-state index contributed by atoms with van der Waals surface area (Å²) in [6.07, 6.45) is 8.13. The molecule has 6 nitrogen and oxygen atoms in total. The minimum absolute atomic E-state index is 0.0298. The molecule has 0 aromatic heterocycles. The van der Waals surface area contributed by atoms with E-state index in [1.54, 1.807) is 26.0 Å². The molecule has 1 heterocycles. The summed E-state index contributed by atoms with van der Waals surface area (Å²) in [4.78, 5) is 33.7. The van der Waals surface area contributed by atoms with Gasteiger partial charge >= 0.3 is 5.97 Å². The molecule has 7 heteroatoms. The summed E-state index contributed by atoms with van der Waals surface area (Å²) in [5.74, 6) is 0.0458. The number of benzene rings is 2. The Labute approximate surface area is 235 Å². The van der Waals surface area contributed by atoms with E-state index < -0.39 is 11.8 Å². The van der Waals surface area contributed by atoms with Gasteiger partial charge in [-0.05, 0) is 86.6 Å². The fraction of sp³-hybridized carbons (Fsp3) is 0.469. The Bertz CT molecular complexity index is 1290. The second-order valence-electron chi connectivity index (χ2n) is 10.7. The zero-order valence-electron chi connectivity index (χ0n) is 23.2. The lowest BCUT2D eigenvalue weighted by Crippen LogP contribution is -2.39. The molecule has 1 fully saturated rings. The molecule has 0 N–H and O–H groups in total. The lowest BCUT2D eigenvalue weighted by molar-refractivity contribution is -0.153. The molecule has 2 aliphatic carbocycles. The first kappa shape index (κ1) is 27.5. The van der Waals surface area contributed by atoms with Gasteiger partial charge in [-0.2, -0.15) is 0 Å². The summed E-state index contributed by atoms with van der Waals surface area (Å²) < 4.78 is 17.0. The van der Waals surface area contributed by atoms with E-state index in [4.69, 9.17) is 19.2 Å². The van der Waals surface area contributed by atoms with Crippen molar-refractivity contribution in [2.45, 2.75) is 74.7 Å². The third-order valence-corrected chi connectivity index (χ3v) is 9.08. The Morgan fingerprint density at radius 1 is 0.923 bits per heavy atom. The number of methoxy groups -OCH3 is 2. The average Bonchev–Trinajstić information content (AvgIpc) is 2.96. The van der Waals surface area contributed by atoms with Crippen LogP contribution in [0.15, 0.2) is 63.6 Å². The SMILES string of the molecule is COc1ccc([C@H]2CC(=O)C3=C(C2)N=C(C)C(C(=O)OC2CCCCC2)[C@@H]3c2ccc(SC)cc2)cc1OC. The Kier molecular flexibility index (Phi) is 8.46. The number of carbonyl (C=O) groups is 2. The Morgan fingerprint density at radius 2 is 1.62 bits per heavy atom. The van der Waals surface area contributed by atoms with Crippen LogP contribution in [0.2, 0.25) is 0 Å². The Hall–Kier alpha value is -3.06. The van der Waals surface area contributed by atoms with Crippen LogP contribution >= 0.6 is 11.8 Å². The Morgan fingerprint density at radius 3 is 2.28 bits per heavy atom. The second-order valence-corrected chi connectivity index (χ2v) is 11.6. The van der Waals surface area contributed by atoms with Crippen LogP contribution in [0.4, 0.5) is 0 Å². The van der Waals surface area contributed by atoms with E-state index in [0.29, 0.717) is 35.6 Å². The predicted molar refractivity (Wildman–Crippen MR) is 154 cm³/mol. The van der Waals surface area contributed by atoms with Crippen LogP contribution in [-0.2, 0) is 14.3 Å². The third kappa shape index (κ3) is 5.65. The highest BCUT2D eigenvalue weighted by Gasteiger charge is 2.45. The van der Waals surface area contributed by atoms with E-state index >= 15 is 0 Å². The first-order valence-corrected chi connectivity index (χ1v) is 15.0. The first-order valence-electron chi connectivity index (χ1n) is 13.8. The standard InChI is InChI=1S/C32H37NO5S/c1-19-29(32(35)38-23-8-6-5-7-9-23)30(20-10-13-24(39-4)14-11-20)31-25(33-19)16-22(17-26(31)34)21-12-15-27(36-2)28(18-21)37-3/h10-15,18,22-23,29-30H,5-9,16-17H2,1-4H3/t22-,29?,30+/m1/s1. The van der Waals surface area contributed by atoms with Crippen LogP contribution in [0.1, 0.15) is 74.8 Å². The first-order chi connectivity index (χ1) is 18.9. The summed E-state index contributed by atoms with van der Waals surface area (Å²) in [7, 11) is 3.22. The maximum Gasteiger partial charge on any atom is 0.315 e. The molecule has 1 unspecified atom stereocenters. The molecule has 1 saturated carbocycles. The van der Waals surface area contributed by atoms with Crippen molar-refractivity contribution in [1.29, 1.82) is 0 Å². The molecule has 0 radical (unpaired) electrons. The van der Waals surface area contributed by atoms with Crippen molar-refractivity contribution < 1.29 is 23.8 Å². The van der Waals surface area contributed by atoms with Gasteiger partial charge in [0, 0.05) is 34.2 Å². The minimum atomic E-state index is -0.604. The van der Waals surface area contributed by atoms with Crippen molar-refractivity contribution in [2.24, 2.45) is 10.9 Å². The van der Waals surface area contributed by atoms with Gasteiger partial charge in [0.25, 0.3) is 0 Å². The van der Waals surface area contributed by atoms with E-state index in [1.807, 2.05) is 43.5 Å². The van der Waals surface area contributed by atoms with Crippen LogP contribution in [0.5, 0.6) is 11.5 Å². The average molecular weight is 548 g/mol. The highest BCUT2D eigenvalue weighted by atomic mass is 32.2. The molecule has 3 atom stereocenters. The van der Waals surface area contributed by atoms with Gasteiger partial charge in [0.15, 0.2) is 17.3 Å². The number of rotatable bonds is 7. The fourth-order valence-electron chi connectivity index (χ4n) is 6.30. The van der Waals surface area contributed by atoms with Crippen molar-refractivity contribution in [1.82, 2.24) is 0 Å². The lowest BCUT2D eigenvalue weighted by atomic mass is 9.69. The van der Waals surface area contributed by atoms with Crippen LogP contribution in [0.3, 0.4) is 0 Å². The highest BCUT2D eigenvalue weighted by Crippen LogP contribution is 2.48. The molecule has 5 rings (SSSR count). The molecule has 2 aromatic rings. The highest BCUT2D eigenvalue weighted by molar-refractivity contribution is 7.98. The number of allylic oxidation sites excluding steroid dienone is 2. The summed E-state index contributed by atoms with van der Waals surface area (Å²) >= 11 is 1.67. The van der Waals surface area contributed by atoms with Gasteiger partial charge in [0.05, 0.1) is 14.2 Å². The van der Waals surface area contributed by atoms with Gasteiger partial charge in [0.2, 0.25) is 0 Å². The van der Waals surface area contributed by atoms with Crippen LogP contribution in [-0.4, -0.2) is 44.0 Å². The third-order valence-electron chi connectivity index (χ3n) is 8.33. The normalized spacial score (nSPS) is 23.6. The number of hydrogen-bond acceptors (Lipinski definition) is 7. The largest absolute Gasteiger partial charge is 0.493 e. The number of aliphatic imine (C=N–C) groups is 1. The minimum Gasteiger partial charge on any atom is -0.493 e. The van der Waals surface area contributed by atoms with Gasteiger partial charge in [-0.25, -0.2) is 0 Å². The molecule has 206 valence electrons. The van der Waals surface area contributed by atoms with E-state index in [-0.39, 0.29) is 23.8 Å². The molecule has 0 spiro atoms. The lowest BCUT2D eigenvalue weighted by Gasteiger charge is -2.37. The predicted octanol–water partition coefficient (Wildman–Crippen LogP) is 6.88. The molecule has 39 heavy (non-hydrogen) atoms. The maximum absolute atomic E-state index is 13.9. The number of nitrogens with zero attached hydrogens (tertiary/aromatic N) is 1. The topological polar surface area (TPSA) is 74.2 Å².